The summed E-state index contributed by atoms with van der Waals surface area (Å²) < 4.78 is 0. The van der Waals surface area contributed by atoms with E-state index >= 15 is 0 Å². The van der Waals surface area contributed by atoms with Gasteiger partial charge in [0.15, 0.2) is 11.4 Å². The van der Waals surface area contributed by atoms with Gasteiger partial charge in [0.1, 0.15) is 28.9 Å². The van der Waals surface area contributed by atoms with Crippen molar-refractivity contribution < 1.29 is 49.5 Å². The van der Waals surface area contributed by atoms with Gasteiger partial charge in [-0.25, -0.2) is 0 Å². The molecule has 1 aromatic carbocycles. The Balaban J connectivity index is 0.00000480. The van der Waals surface area contributed by atoms with Gasteiger partial charge in [-0.2, -0.15) is 5.48 Å². The molecule has 0 heterocycles. The molecule has 0 aliphatic heterocycles. The first-order valence-corrected chi connectivity index (χ1v) is 15.0. The summed E-state index contributed by atoms with van der Waals surface area (Å²) in [5.74, 6) is -9.87. The maximum Gasteiger partial charge on any atom is 0.255 e. The van der Waals surface area contributed by atoms with Crippen LogP contribution in [0.4, 0.5) is 5.69 Å². The van der Waals surface area contributed by atoms with Crippen LogP contribution in [0.2, 0.25) is 0 Å². The quantitative estimate of drug-likeness (QED) is 0.108. The van der Waals surface area contributed by atoms with E-state index < -0.39 is 93.3 Å². The number of benzene rings is 1. The van der Waals surface area contributed by atoms with Crippen LogP contribution in [0.5, 0.6) is 5.75 Å². The lowest BCUT2D eigenvalue weighted by Crippen LogP contribution is -2.70. The number of fused-ring (bicyclic) bond motifs is 3. The number of phenols is 1. The second kappa shape index (κ2) is 12.7. The van der Waals surface area contributed by atoms with Crippen LogP contribution < -0.4 is 16.5 Å². The summed E-state index contributed by atoms with van der Waals surface area (Å²) in [6.07, 6.45) is 0.407. The minimum Gasteiger partial charge on any atom is -0.508 e. The Morgan fingerprint density at radius 1 is 1.15 bits per heavy atom. The number of nitrogens with zero attached hydrogens (tertiary/aromatic N) is 1. The molecule has 2 amide bonds. The van der Waals surface area contributed by atoms with Crippen molar-refractivity contribution in [2.24, 2.45) is 23.5 Å². The van der Waals surface area contributed by atoms with Gasteiger partial charge in [-0.3, -0.25) is 28.9 Å². The monoisotopic (exact) mass is 708 g/mol. The maximum absolute atomic E-state index is 14.1. The average Bonchev–Trinajstić information content (AvgIpc) is 2.95. The van der Waals surface area contributed by atoms with Crippen molar-refractivity contribution in [2.45, 2.75) is 75.8 Å². The number of phenolic OH excluding ortho intramolecular Hbond substituents is 1. The topological polar surface area (TPSA) is 232 Å². The summed E-state index contributed by atoms with van der Waals surface area (Å²) in [5, 5.41) is 60.0. The highest BCUT2D eigenvalue weighted by atomic mass is 79.9. The number of hydrogen-bond donors (Lipinski definition) is 8. The van der Waals surface area contributed by atoms with Crippen molar-refractivity contribution in [1.82, 2.24) is 10.4 Å². The van der Waals surface area contributed by atoms with Crippen LogP contribution in [-0.4, -0.2) is 97.8 Å². The second-order valence-electron chi connectivity index (χ2n) is 12.9. The minimum absolute atomic E-state index is 0. The molecular weight excluding hydrogens is 668 g/mol. The van der Waals surface area contributed by atoms with Gasteiger partial charge in [-0.05, 0) is 56.8 Å². The largest absolute Gasteiger partial charge is 0.508 e. The van der Waals surface area contributed by atoms with Crippen LogP contribution in [0.1, 0.15) is 57.1 Å². The molecule has 0 aromatic heterocycles. The first kappa shape index (κ1) is 35.5. The molecule has 0 saturated heterocycles. The molecular formula is C31H41BrN4O10. The third kappa shape index (κ3) is 5.22. The normalized spacial score (nSPS) is 32.6. The van der Waals surface area contributed by atoms with Crippen LogP contribution in [0.3, 0.4) is 0 Å². The zero-order valence-corrected chi connectivity index (χ0v) is 27.8. The molecule has 2 saturated carbocycles. The van der Waals surface area contributed by atoms with E-state index in [-0.39, 0.29) is 34.3 Å². The van der Waals surface area contributed by atoms with Crippen molar-refractivity contribution in [3.8, 4) is 5.75 Å². The number of rotatable bonds is 8. The number of likely N-dealkylation sites (N-methyl/N-ethyl adjacent to an activating group) is 1. The molecule has 9 N–H and O–H groups in total. The number of nitrogens with one attached hydrogen (secondary N) is 2. The predicted molar refractivity (Wildman–Crippen MR) is 170 cm³/mol. The van der Waals surface area contributed by atoms with Crippen LogP contribution in [0.25, 0.3) is 5.76 Å². The molecule has 2 fully saturated rings. The molecule has 5 unspecified atom stereocenters. The summed E-state index contributed by atoms with van der Waals surface area (Å²) in [4.78, 5) is 59.6. The predicted octanol–water partition coefficient (Wildman–Crippen LogP) is 1.11. The second-order valence-corrected chi connectivity index (χ2v) is 12.9. The zero-order valence-electron chi connectivity index (χ0n) is 26.1. The molecule has 14 nitrogen and oxygen atoms in total. The number of carbonyl (C=O) groups excluding carboxylic acids is 4. The lowest BCUT2D eigenvalue weighted by molar-refractivity contribution is -0.169. The van der Waals surface area contributed by atoms with E-state index in [0.29, 0.717) is 17.9 Å². The van der Waals surface area contributed by atoms with E-state index in [2.05, 4.69) is 17.7 Å². The van der Waals surface area contributed by atoms with Crippen LogP contribution in [0.15, 0.2) is 29.0 Å². The number of amides is 2. The molecule has 0 bridgehead atoms. The fraction of sp³-hybridized carbons (Fsp3) is 0.548. The summed E-state index contributed by atoms with van der Waals surface area (Å²) in [5.41, 5.74) is 3.64. The minimum atomic E-state index is -3.01. The van der Waals surface area contributed by atoms with Gasteiger partial charge in [0.25, 0.3) is 5.91 Å². The summed E-state index contributed by atoms with van der Waals surface area (Å²) in [6.45, 7) is 5.51. The van der Waals surface area contributed by atoms with Crippen molar-refractivity contribution >= 4 is 51.8 Å². The third-order valence-corrected chi connectivity index (χ3v) is 9.82. The Kier molecular flexibility index (Phi) is 9.80. The molecule has 4 aliphatic carbocycles. The number of halogens is 1. The molecule has 0 spiro atoms. The van der Waals surface area contributed by atoms with Crippen molar-refractivity contribution in [2.75, 3.05) is 19.4 Å². The van der Waals surface area contributed by atoms with Crippen LogP contribution >= 0.6 is 17.0 Å². The smallest absolute Gasteiger partial charge is 0.255 e. The first-order chi connectivity index (χ1) is 21.1. The van der Waals surface area contributed by atoms with E-state index in [4.69, 9.17) is 10.6 Å². The number of Topliss-reactive ketones (excluding diaryl/α,β-unsaturated/α-hetero) is 2. The number of primary amides is 1. The number of carbonyl (C=O) groups is 4. The molecule has 15 heteroatoms. The van der Waals surface area contributed by atoms with E-state index in [0.717, 1.165) is 12.8 Å². The molecule has 4 aliphatic rings. The van der Waals surface area contributed by atoms with Gasteiger partial charge in [-0.1, -0.05) is 26.8 Å². The number of hydrogen-bond acceptors (Lipinski definition) is 12. The summed E-state index contributed by atoms with van der Waals surface area (Å²) in [6, 6.07) is 0.752. The van der Waals surface area contributed by atoms with E-state index in [1.54, 1.807) is 13.8 Å². The van der Waals surface area contributed by atoms with Gasteiger partial charge >= 0.3 is 0 Å². The SMILES string of the molecule is Br.CCC(NOC1CC(C)C1)C(=O)Nc1ccc2c(c1O)C(O)=C1C(=O)[C@]3(O)C(O)=C(C(N)=O)C(=O)[C@@H](N(C)C)C3C(O)C1C2C. The Morgan fingerprint density at radius 3 is 2.33 bits per heavy atom. The molecule has 7 atom stereocenters. The number of nitrogens with two attached hydrogens (primary N) is 1. The van der Waals surface area contributed by atoms with Crippen LogP contribution in [-0.2, 0) is 24.0 Å². The Morgan fingerprint density at radius 2 is 1.78 bits per heavy atom. The number of aliphatic hydroxyl groups excluding tert-OH is 3. The molecule has 252 valence electrons. The van der Waals surface area contributed by atoms with Crippen molar-refractivity contribution in [3.05, 3.63) is 40.2 Å². The Labute approximate surface area is 276 Å². The first-order valence-electron chi connectivity index (χ1n) is 15.0. The molecule has 46 heavy (non-hydrogen) atoms. The van der Waals surface area contributed by atoms with Gasteiger partial charge in [0, 0.05) is 11.5 Å². The fourth-order valence-corrected chi connectivity index (χ4v) is 7.36. The lowest BCUT2D eigenvalue weighted by atomic mass is 9.54. The van der Waals surface area contributed by atoms with E-state index in [1.807, 2.05) is 0 Å². The number of aliphatic hydroxyl groups is 4. The van der Waals surface area contributed by atoms with E-state index in [1.165, 1.54) is 31.1 Å². The molecule has 1 aromatic rings. The molecule has 5 rings (SSSR count). The Hall–Kier alpha value is -3.34. The summed E-state index contributed by atoms with van der Waals surface area (Å²) in [7, 11) is 2.88. The lowest BCUT2D eigenvalue weighted by Gasteiger charge is -2.53. The highest BCUT2D eigenvalue weighted by Crippen LogP contribution is 2.56. The summed E-state index contributed by atoms with van der Waals surface area (Å²) >= 11 is 0. The standard InChI is InChI=1S/C31H40N4O10.BrH/c1-6-15(34-45-13-9-11(2)10-13)30(43)33-16-8-7-14-12(3)17-19(24(37)18(14)23(16)36)27(40)31(44)21(25(17)38)22(35(4)5)26(39)20(28(31)41)29(32)42;/h7-8,11-13,15,17,21-22,25,34,36-38,41,44H,6,9-10H2,1-5H3,(H2,32,42)(H,33,43);1H/t11?,12?,13?,15?,17?,21?,22-,25?,31-;/m0./s1. The number of anilines is 1. The average molecular weight is 710 g/mol. The zero-order chi connectivity index (χ0) is 33.3. The van der Waals surface area contributed by atoms with Gasteiger partial charge in [0.05, 0.1) is 35.4 Å². The number of hydroxylamine groups is 1. The Bertz CT molecular complexity index is 1540. The van der Waals surface area contributed by atoms with Crippen LogP contribution in [0, 0.1) is 17.8 Å². The van der Waals surface area contributed by atoms with Crippen molar-refractivity contribution in [1.29, 1.82) is 0 Å². The fourth-order valence-electron chi connectivity index (χ4n) is 7.36. The number of aromatic hydroxyl groups is 1. The maximum atomic E-state index is 14.1. The highest BCUT2D eigenvalue weighted by molar-refractivity contribution is 8.93. The van der Waals surface area contributed by atoms with Gasteiger partial charge < -0.3 is 36.6 Å². The highest BCUT2D eigenvalue weighted by Gasteiger charge is 2.68. The van der Waals surface area contributed by atoms with Gasteiger partial charge in [0.2, 0.25) is 11.7 Å². The van der Waals surface area contributed by atoms with E-state index in [9.17, 15) is 44.7 Å². The van der Waals surface area contributed by atoms with Gasteiger partial charge in [-0.15, -0.1) is 17.0 Å². The number of ketones is 2. The molecule has 0 radical (unpaired) electrons. The third-order valence-electron chi connectivity index (χ3n) is 9.82. The van der Waals surface area contributed by atoms with Crippen molar-refractivity contribution in [3.63, 3.8) is 0 Å².